The summed E-state index contributed by atoms with van der Waals surface area (Å²) in [6, 6.07) is 15.9. The number of carbonyl (C=O) groups is 1. The van der Waals surface area contributed by atoms with Crippen LogP contribution in [0, 0.1) is 17.3 Å². The highest BCUT2D eigenvalue weighted by molar-refractivity contribution is 6.83. The van der Waals surface area contributed by atoms with Crippen molar-refractivity contribution in [3.8, 4) is 11.5 Å². The number of aromatic nitrogens is 4. The molecule has 4 aromatic rings. The number of H-pyrrole nitrogens is 1. The van der Waals surface area contributed by atoms with E-state index in [1.165, 1.54) is 0 Å². The Labute approximate surface area is 270 Å². The van der Waals surface area contributed by atoms with Gasteiger partial charge in [-0.25, -0.2) is 14.2 Å². The molecule has 2 aromatic carbocycles. The van der Waals surface area contributed by atoms with Crippen molar-refractivity contribution in [2.75, 3.05) is 23.3 Å². The molecule has 1 saturated heterocycles. The fourth-order valence-corrected chi connectivity index (χ4v) is 6.22. The Balaban J connectivity index is 1.33. The first-order valence-electron chi connectivity index (χ1n) is 16.0. The van der Waals surface area contributed by atoms with Crippen molar-refractivity contribution < 1.29 is 13.9 Å². The number of fused-ring (bicyclic) bond motifs is 1. The number of carbonyl (C=O) groups excluding carboxylic acids is 1. The highest BCUT2D eigenvalue weighted by atomic mass is 28.3. The predicted octanol–water partition coefficient (Wildman–Crippen LogP) is 7.36. The van der Waals surface area contributed by atoms with E-state index in [9.17, 15) is 4.79 Å². The molecule has 0 bridgehead atoms. The molecule has 2 aliphatic rings. The SMILES string of the molecule is CC(C)(C)OC(=O)NC1(c2ccccc2)CCN(c2nc(Nc3n[nH]c(C4CC4)c3F)c3cc(C#C[Si](C)(C)C)ccc3n2)CC1. The molecule has 3 N–H and O–H groups in total. The third kappa shape index (κ3) is 7.18. The van der Waals surface area contributed by atoms with Gasteiger partial charge in [-0.2, -0.15) is 10.1 Å². The first-order chi connectivity index (χ1) is 21.8. The third-order valence-electron chi connectivity index (χ3n) is 8.19. The summed E-state index contributed by atoms with van der Waals surface area (Å²) in [5.41, 5.74) is 5.33. The van der Waals surface area contributed by atoms with Crippen molar-refractivity contribution in [1.82, 2.24) is 25.5 Å². The summed E-state index contributed by atoms with van der Waals surface area (Å²) in [6.45, 7) is 13.3. The standard InChI is InChI=1S/C35H42FN7O2Si/c1-34(2,3)45-33(44)40-35(25-10-8-7-9-11-25)17-19-43(20-18-35)32-37-27-15-12-23(16-21-46(4,5)6)22-26(27)30(39-32)38-31-28(36)29(41-42-31)24-13-14-24/h7-12,15,22,24H,13-14,17-20H2,1-6H3,(H,40,44)(H2,37,38,39,41,42). The van der Waals surface area contributed by atoms with Gasteiger partial charge in [0, 0.05) is 30.0 Å². The second-order valence-corrected chi connectivity index (χ2v) is 19.1. The number of alkyl carbamates (subject to hydrolysis) is 1. The zero-order chi connectivity index (χ0) is 32.7. The van der Waals surface area contributed by atoms with E-state index in [4.69, 9.17) is 14.7 Å². The van der Waals surface area contributed by atoms with Crippen molar-refractivity contribution in [2.24, 2.45) is 0 Å². The molecule has 0 atom stereocenters. The van der Waals surface area contributed by atoms with Crippen LogP contribution in [0.1, 0.15) is 69.2 Å². The smallest absolute Gasteiger partial charge is 0.408 e. The number of amides is 1. The van der Waals surface area contributed by atoms with Crippen LogP contribution in [0.25, 0.3) is 10.9 Å². The Bertz CT molecular complexity index is 1810. The third-order valence-corrected chi connectivity index (χ3v) is 9.06. The largest absolute Gasteiger partial charge is 0.444 e. The molecule has 46 heavy (non-hydrogen) atoms. The van der Waals surface area contributed by atoms with Crippen LogP contribution in [0.15, 0.2) is 48.5 Å². The number of nitrogens with one attached hydrogen (secondary N) is 3. The van der Waals surface area contributed by atoms with Crippen molar-refractivity contribution in [3.05, 3.63) is 71.2 Å². The van der Waals surface area contributed by atoms with Crippen molar-refractivity contribution in [2.45, 2.75) is 83.2 Å². The maximum atomic E-state index is 15.4. The lowest BCUT2D eigenvalue weighted by atomic mass is 9.81. The number of hydrogen-bond donors (Lipinski definition) is 3. The molecule has 1 aliphatic carbocycles. The molecule has 0 spiro atoms. The zero-order valence-electron chi connectivity index (χ0n) is 27.4. The van der Waals surface area contributed by atoms with Crippen LogP contribution < -0.4 is 15.5 Å². The Morgan fingerprint density at radius 1 is 1.07 bits per heavy atom. The van der Waals surface area contributed by atoms with Gasteiger partial charge in [-0.05, 0) is 70.2 Å². The molecule has 0 radical (unpaired) electrons. The van der Waals surface area contributed by atoms with Crippen molar-refractivity contribution in [3.63, 3.8) is 0 Å². The molecule has 1 saturated carbocycles. The van der Waals surface area contributed by atoms with Crippen LogP contribution in [0.4, 0.5) is 26.8 Å². The van der Waals surface area contributed by atoms with Crippen LogP contribution in [0.2, 0.25) is 19.6 Å². The highest BCUT2D eigenvalue weighted by Gasteiger charge is 2.39. The highest BCUT2D eigenvalue weighted by Crippen LogP contribution is 2.42. The first kappa shape index (κ1) is 31.5. The molecule has 11 heteroatoms. The van der Waals surface area contributed by atoms with Crippen molar-refractivity contribution >= 4 is 42.7 Å². The fraction of sp³-hybridized carbons (Fsp3) is 0.429. The average Bonchev–Trinajstić information content (AvgIpc) is 3.78. The molecule has 0 unspecified atom stereocenters. The van der Waals surface area contributed by atoms with Gasteiger partial charge in [-0.1, -0.05) is 55.9 Å². The Kier molecular flexibility index (Phi) is 8.27. The molecule has 240 valence electrons. The summed E-state index contributed by atoms with van der Waals surface area (Å²) in [5.74, 6) is 4.25. The first-order valence-corrected chi connectivity index (χ1v) is 19.5. The number of halogens is 1. The maximum Gasteiger partial charge on any atom is 0.408 e. The van der Waals surface area contributed by atoms with Gasteiger partial charge in [-0.3, -0.25) is 5.10 Å². The van der Waals surface area contributed by atoms with E-state index < -0.39 is 25.3 Å². The Morgan fingerprint density at radius 3 is 2.43 bits per heavy atom. The number of benzene rings is 2. The van der Waals surface area contributed by atoms with Gasteiger partial charge in [0.25, 0.3) is 0 Å². The lowest BCUT2D eigenvalue weighted by molar-refractivity contribution is 0.0431. The van der Waals surface area contributed by atoms with E-state index in [2.05, 4.69) is 56.8 Å². The summed E-state index contributed by atoms with van der Waals surface area (Å²) >= 11 is 0. The Morgan fingerprint density at radius 2 is 1.78 bits per heavy atom. The maximum absolute atomic E-state index is 15.4. The molecule has 9 nitrogen and oxygen atoms in total. The van der Waals surface area contributed by atoms with Gasteiger partial charge < -0.3 is 20.3 Å². The van der Waals surface area contributed by atoms with Gasteiger partial charge >= 0.3 is 6.09 Å². The van der Waals surface area contributed by atoms with E-state index in [0.29, 0.717) is 43.4 Å². The molecule has 6 rings (SSSR count). The van der Waals surface area contributed by atoms with Crippen molar-refractivity contribution in [1.29, 1.82) is 0 Å². The molecule has 2 fully saturated rings. The quantitative estimate of drug-likeness (QED) is 0.149. The van der Waals surface area contributed by atoms with Gasteiger partial charge in [0.15, 0.2) is 11.6 Å². The molecular weight excluding hydrogens is 598 g/mol. The van der Waals surface area contributed by atoms with Crippen LogP contribution in [0.3, 0.4) is 0 Å². The number of hydrogen-bond acceptors (Lipinski definition) is 7. The number of piperidine rings is 1. The van der Waals surface area contributed by atoms with E-state index in [1.807, 2.05) is 69.3 Å². The van der Waals surface area contributed by atoms with Gasteiger partial charge in [0.2, 0.25) is 5.95 Å². The normalized spacial score (nSPS) is 16.5. The zero-order valence-corrected chi connectivity index (χ0v) is 28.4. The summed E-state index contributed by atoms with van der Waals surface area (Å²) in [7, 11) is -1.59. The molecule has 1 aliphatic heterocycles. The molecular formula is C35H42FN7O2Si. The number of nitrogens with zero attached hydrogens (tertiary/aromatic N) is 4. The second kappa shape index (κ2) is 12.1. The summed E-state index contributed by atoms with van der Waals surface area (Å²) in [6.07, 6.45) is 2.70. The fourth-order valence-electron chi connectivity index (χ4n) is 5.70. The minimum Gasteiger partial charge on any atom is -0.444 e. The Hall–Kier alpha value is -4.43. The van der Waals surface area contributed by atoms with Crippen LogP contribution in [-0.2, 0) is 10.3 Å². The van der Waals surface area contributed by atoms with Gasteiger partial charge in [-0.15, -0.1) is 5.54 Å². The number of aromatic amines is 1. The predicted molar refractivity (Wildman–Crippen MR) is 183 cm³/mol. The van der Waals surface area contributed by atoms with E-state index in [1.54, 1.807) is 0 Å². The molecule has 2 aromatic heterocycles. The van der Waals surface area contributed by atoms with E-state index >= 15 is 4.39 Å². The average molecular weight is 640 g/mol. The minimum absolute atomic E-state index is 0.120. The van der Waals surface area contributed by atoms with Gasteiger partial charge in [0.1, 0.15) is 19.5 Å². The summed E-state index contributed by atoms with van der Waals surface area (Å²) in [4.78, 5) is 25.0. The minimum atomic E-state index is -1.59. The number of anilines is 3. The lowest BCUT2D eigenvalue weighted by Crippen LogP contribution is -2.54. The molecule has 3 heterocycles. The van der Waals surface area contributed by atoms with Crippen LogP contribution >= 0.6 is 0 Å². The lowest BCUT2D eigenvalue weighted by Gasteiger charge is -2.43. The van der Waals surface area contributed by atoms with E-state index in [0.717, 1.165) is 34.9 Å². The topological polar surface area (TPSA) is 108 Å². The summed E-state index contributed by atoms with van der Waals surface area (Å²) in [5, 5.41) is 14.3. The van der Waals surface area contributed by atoms with Gasteiger partial charge in [0.05, 0.1) is 16.7 Å². The summed E-state index contributed by atoms with van der Waals surface area (Å²) < 4.78 is 21.0. The van der Waals surface area contributed by atoms with E-state index in [-0.39, 0.29) is 17.6 Å². The van der Waals surface area contributed by atoms with Crippen LogP contribution in [-0.4, -0.2) is 53.0 Å². The number of rotatable bonds is 6. The van der Waals surface area contributed by atoms with Crippen LogP contribution in [0.5, 0.6) is 0 Å². The number of ether oxygens (including phenoxy) is 1. The molecule has 1 amide bonds. The monoisotopic (exact) mass is 639 g/mol. The second-order valence-electron chi connectivity index (χ2n) is 14.4.